The second-order valence-electron chi connectivity index (χ2n) is 4.87. The number of hydrogen-bond acceptors (Lipinski definition) is 2. The molecule has 0 aliphatic carbocycles. The molecule has 1 aromatic carbocycles. The summed E-state index contributed by atoms with van der Waals surface area (Å²) in [6.07, 6.45) is 0. The quantitative estimate of drug-likeness (QED) is 0.728. The average Bonchev–Trinajstić information content (AvgIpc) is 2.11. The SMILES string of the molecule is Cc1cc(Cl)c2c(c1)NCC(C)(C)N2C. The largest absolute Gasteiger partial charge is 0.381 e. The lowest BCUT2D eigenvalue weighted by atomic mass is 9.98. The zero-order valence-electron chi connectivity index (χ0n) is 9.69. The first-order valence-corrected chi connectivity index (χ1v) is 5.57. The van der Waals surface area contributed by atoms with Gasteiger partial charge in [-0.05, 0) is 38.5 Å². The van der Waals surface area contributed by atoms with Crippen molar-refractivity contribution in [2.75, 3.05) is 23.8 Å². The minimum atomic E-state index is 0.103. The van der Waals surface area contributed by atoms with Crippen molar-refractivity contribution < 1.29 is 0 Å². The van der Waals surface area contributed by atoms with E-state index in [9.17, 15) is 0 Å². The van der Waals surface area contributed by atoms with Crippen molar-refractivity contribution in [3.05, 3.63) is 22.7 Å². The van der Waals surface area contributed by atoms with Gasteiger partial charge in [-0.1, -0.05) is 11.6 Å². The minimum absolute atomic E-state index is 0.103. The van der Waals surface area contributed by atoms with Crippen molar-refractivity contribution in [1.29, 1.82) is 0 Å². The van der Waals surface area contributed by atoms with E-state index < -0.39 is 0 Å². The van der Waals surface area contributed by atoms with Gasteiger partial charge in [-0.3, -0.25) is 0 Å². The van der Waals surface area contributed by atoms with Crippen LogP contribution in [0.25, 0.3) is 0 Å². The van der Waals surface area contributed by atoms with Crippen molar-refractivity contribution in [2.24, 2.45) is 0 Å². The summed E-state index contributed by atoms with van der Waals surface area (Å²) in [5.41, 5.74) is 3.55. The summed E-state index contributed by atoms with van der Waals surface area (Å²) < 4.78 is 0. The van der Waals surface area contributed by atoms with Gasteiger partial charge in [-0.2, -0.15) is 0 Å². The summed E-state index contributed by atoms with van der Waals surface area (Å²) in [7, 11) is 2.10. The van der Waals surface area contributed by atoms with Gasteiger partial charge in [0.2, 0.25) is 0 Å². The topological polar surface area (TPSA) is 15.3 Å². The summed E-state index contributed by atoms with van der Waals surface area (Å²) in [5.74, 6) is 0. The van der Waals surface area contributed by atoms with E-state index in [1.165, 1.54) is 5.56 Å². The van der Waals surface area contributed by atoms with Crippen LogP contribution in [0.15, 0.2) is 12.1 Å². The number of likely N-dealkylation sites (N-methyl/N-ethyl adjacent to an activating group) is 1. The molecule has 0 aromatic heterocycles. The third kappa shape index (κ3) is 1.67. The highest BCUT2D eigenvalue weighted by atomic mass is 35.5. The summed E-state index contributed by atoms with van der Waals surface area (Å²) in [4.78, 5) is 2.25. The fraction of sp³-hybridized carbons (Fsp3) is 0.500. The molecule has 0 atom stereocenters. The van der Waals surface area contributed by atoms with E-state index in [1.54, 1.807) is 0 Å². The molecular weight excluding hydrogens is 208 g/mol. The van der Waals surface area contributed by atoms with E-state index >= 15 is 0 Å². The number of halogens is 1. The van der Waals surface area contributed by atoms with Crippen LogP contribution in [0.1, 0.15) is 19.4 Å². The first kappa shape index (κ1) is 10.6. The van der Waals surface area contributed by atoms with Gasteiger partial charge in [0.15, 0.2) is 0 Å². The zero-order chi connectivity index (χ0) is 11.2. The Morgan fingerprint density at radius 2 is 2.07 bits per heavy atom. The van der Waals surface area contributed by atoms with Gasteiger partial charge in [0.25, 0.3) is 0 Å². The van der Waals surface area contributed by atoms with Gasteiger partial charge in [0.05, 0.1) is 21.9 Å². The molecule has 1 N–H and O–H groups in total. The van der Waals surface area contributed by atoms with Gasteiger partial charge >= 0.3 is 0 Å². The zero-order valence-corrected chi connectivity index (χ0v) is 10.4. The van der Waals surface area contributed by atoms with E-state index in [2.05, 4.69) is 44.1 Å². The maximum Gasteiger partial charge on any atom is 0.0793 e. The van der Waals surface area contributed by atoms with Crippen LogP contribution in [0.2, 0.25) is 5.02 Å². The van der Waals surface area contributed by atoms with E-state index in [0.717, 1.165) is 22.9 Å². The fourth-order valence-electron chi connectivity index (χ4n) is 1.94. The first-order valence-electron chi connectivity index (χ1n) is 5.20. The lowest BCUT2D eigenvalue weighted by Crippen LogP contribution is -2.50. The molecule has 3 heteroatoms. The molecule has 1 aromatic rings. The number of hydrogen-bond donors (Lipinski definition) is 1. The number of rotatable bonds is 0. The first-order chi connectivity index (χ1) is 6.92. The van der Waals surface area contributed by atoms with Gasteiger partial charge in [0, 0.05) is 13.6 Å². The van der Waals surface area contributed by atoms with E-state index in [1.807, 2.05) is 6.07 Å². The Balaban J connectivity index is 2.57. The molecule has 15 heavy (non-hydrogen) atoms. The van der Waals surface area contributed by atoms with Crippen LogP contribution in [0, 0.1) is 6.92 Å². The molecule has 0 fully saturated rings. The van der Waals surface area contributed by atoms with Crippen LogP contribution < -0.4 is 10.2 Å². The molecule has 0 saturated heterocycles. The predicted molar refractivity (Wildman–Crippen MR) is 67.2 cm³/mol. The van der Waals surface area contributed by atoms with E-state index in [4.69, 9.17) is 11.6 Å². The second kappa shape index (κ2) is 3.31. The van der Waals surface area contributed by atoms with Crippen LogP contribution in [0.3, 0.4) is 0 Å². The Morgan fingerprint density at radius 3 is 2.73 bits per heavy atom. The number of aryl methyl sites for hydroxylation is 1. The molecule has 0 spiro atoms. The Bertz CT molecular complexity index is 399. The average molecular weight is 225 g/mol. The van der Waals surface area contributed by atoms with Crippen molar-refractivity contribution in [1.82, 2.24) is 0 Å². The number of nitrogens with zero attached hydrogens (tertiary/aromatic N) is 1. The maximum absolute atomic E-state index is 6.29. The summed E-state index contributed by atoms with van der Waals surface area (Å²) in [6.45, 7) is 7.42. The normalized spacial score (nSPS) is 18.3. The van der Waals surface area contributed by atoms with Crippen LogP contribution in [-0.2, 0) is 0 Å². The van der Waals surface area contributed by atoms with Gasteiger partial charge in [-0.25, -0.2) is 0 Å². The number of nitrogens with one attached hydrogen (secondary N) is 1. The molecule has 2 rings (SSSR count). The minimum Gasteiger partial charge on any atom is -0.381 e. The summed E-state index contributed by atoms with van der Waals surface area (Å²) in [5, 5.41) is 4.27. The van der Waals surface area contributed by atoms with Crippen LogP contribution in [0.4, 0.5) is 11.4 Å². The van der Waals surface area contributed by atoms with E-state index in [-0.39, 0.29) is 5.54 Å². The van der Waals surface area contributed by atoms with Crippen molar-refractivity contribution in [3.8, 4) is 0 Å². The number of fused-ring (bicyclic) bond motifs is 1. The van der Waals surface area contributed by atoms with Crippen LogP contribution in [-0.4, -0.2) is 19.1 Å². The molecule has 1 heterocycles. The molecule has 0 unspecified atom stereocenters. The summed E-state index contributed by atoms with van der Waals surface area (Å²) >= 11 is 6.29. The molecule has 0 radical (unpaired) electrons. The molecule has 1 aliphatic rings. The molecular formula is C12H17ClN2. The van der Waals surface area contributed by atoms with Crippen LogP contribution >= 0.6 is 11.6 Å². The highest BCUT2D eigenvalue weighted by Crippen LogP contribution is 2.40. The third-order valence-electron chi connectivity index (χ3n) is 3.16. The smallest absolute Gasteiger partial charge is 0.0793 e. The lowest BCUT2D eigenvalue weighted by molar-refractivity contribution is 0.503. The van der Waals surface area contributed by atoms with Gasteiger partial charge in [-0.15, -0.1) is 0 Å². The predicted octanol–water partition coefficient (Wildman–Crippen LogP) is 3.29. The molecule has 2 nitrogen and oxygen atoms in total. The Morgan fingerprint density at radius 1 is 1.40 bits per heavy atom. The van der Waals surface area contributed by atoms with Crippen molar-refractivity contribution in [3.63, 3.8) is 0 Å². The highest BCUT2D eigenvalue weighted by molar-refractivity contribution is 6.34. The molecule has 0 bridgehead atoms. The lowest BCUT2D eigenvalue weighted by Gasteiger charge is -2.43. The second-order valence-corrected chi connectivity index (χ2v) is 5.28. The molecule has 0 saturated carbocycles. The fourth-order valence-corrected chi connectivity index (χ4v) is 2.34. The maximum atomic E-state index is 6.29. The van der Waals surface area contributed by atoms with Crippen molar-refractivity contribution >= 4 is 23.0 Å². The van der Waals surface area contributed by atoms with E-state index in [0.29, 0.717) is 0 Å². The Kier molecular flexibility index (Phi) is 2.34. The monoisotopic (exact) mass is 224 g/mol. The summed E-state index contributed by atoms with van der Waals surface area (Å²) in [6, 6.07) is 4.16. The van der Waals surface area contributed by atoms with Gasteiger partial charge in [0.1, 0.15) is 0 Å². The van der Waals surface area contributed by atoms with Crippen LogP contribution in [0.5, 0.6) is 0 Å². The van der Waals surface area contributed by atoms with Crippen molar-refractivity contribution in [2.45, 2.75) is 26.3 Å². The Hall–Kier alpha value is -0.890. The third-order valence-corrected chi connectivity index (χ3v) is 3.45. The highest BCUT2D eigenvalue weighted by Gasteiger charge is 2.31. The van der Waals surface area contributed by atoms with Gasteiger partial charge < -0.3 is 10.2 Å². The molecule has 1 aliphatic heterocycles. The number of anilines is 2. The Labute approximate surface area is 96.2 Å². The standard InChI is InChI=1S/C12H17ClN2/c1-8-5-9(13)11-10(6-8)14-7-12(2,3)15(11)4/h5-6,14H,7H2,1-4H3. The molecule has 82 valence electrons. The number of benzene rings is 1. The molecule has 0 amide bonds.